The fourth-order valence-corrected chi connectivity index (χ4v) is 4.38. The van der Waals surface area contributed by atoms with Crippen molar-refractivity contribution in [1.29, 1.82) is 0 Å². The van der Waals surface area contributed by atoms with Gasteiger partial charge in [-0.2, -0.15) is 4.31 Å². The Morgan fingerprint density at radius 3 is 2.90 bits per heavy atom. The SMILES string of the molecule is COCCC[C@@H]1CCCCN1S(=O)(=O)c1cn(C)cn1. The number of hydrogen-bond acceptors (Lipinski definition) is 4. The van der Waals surface area contributed by atoms with Gasteiger partial charge >= 0.3 is 0 Å². The largest absolute Gasteiger partial charge is 0.385 e. The summed E-state index contributed by atoms with van der Waals surface area (Å²) in [5.74, 6) is 0. The summed E-state index contributed by atoms with van der Waals surface area (Å²) in [6.45, 7) is 1.27. The van der Waals surface area contributed by atoms with Crippen LogP contribution in [0.25, 0.3) is 0 Å². The van der Waals surface area contributed by atoms with Gasteiger partial charge < -0.3 is 9.30 Å². The van der Waals surface area contributed by atoms with Gasteiger partial charge in [0.15, 0.2) is 5.03 Å². The van der Waals surface area contributed by atoms with Gasteiger partial charge in [0.25, 0.3) is 10.0 Å². The molecule has 0 radical (unpaired) electrons. The zero-order valence-corrected chi connectivity index (χ0v) is 13.0. The fraction of sp³-hybridized carbons (Fsp3) is 0.769. The first-order valence-electron chi connectivity index (χ1n) is 7.04. The molecular formula is C13H23N3O3S. The highest BCUT2D eigenvalue weighted by Gasteiger charge is 2.34. The first kappa shape index (κ1) is 15.5. The number of imidazole rings is 1. The topological polar surface area (TPSA) is 64.4 Å². The molecule has 0 bridgehead atoms. The van der Waals surface area contributed by atoms with Crippen molar-refractivity contribution in [2.45, 2.75) is 43.2 Å². The predicted octanol–water partition coefficient (Wildman–Crippen LogP) is 1.39. The number of sulfonamides is 1. The third-order valence-electron chi connectivity index (χ3n) is 3.71. The molecule has 6 nitrogen and oxygen atoms in total. The highest BCUT2D eigenvalue weighted by molar-refractivity contribution is 7.89. The van der Waals surface area contributed by atoms with Gasteiger partial charge in [0.1, 0.15) is 0 Å². The van der Waals surface area contributed by atoms with Gasteiger partial charge in [0.05, 0.1) is 6.33 Å². The Bertz CT molecular complexity index is 527. The maximum absolute atomic E-state index is 12.7. The molecule has 20 heavy (non-hydrogen) atoms. The van der Waals surface area contributed by atoms with E-state index in [2.05, 4.69) is 4.98 Å². The lowest BCUT2D eigenvalue weighted by Gasteiger charge is -2.34. The predicted molar refractivity (Wildman–Crippen MR) is 75.8 cm³/mol. The van der Waals surface area contributed by atoms with Crippen LogP contribution in [0.2, 0.25) is 0 Å². The number of piperidine rings is 1. The van der Waals surface area contributed by atoms with Crippen molar-refractivity contribution in [3.8, 4) is 0 Å². The molecule has 2 heterocycles. The molecule has 0 aromatic carbocycles. The maximum atomic E-state index is 12.7. The molecule has 0 spiro atoms. The summed E-state index contributed by atoms with van der Waals surface area (Å²) < 4.78 is 33.7. The van der Waals surface area contributed by atoms with E-state index in [-0.39, 0.29) is 11.1 Å². The minimum absolute atomic E-state index is 0.0749. The maximum Gasteiger partial charge on any atom is 0.262 e. The van der Waals surface area contributed by atoms with Crippen molar-refractivity contribution in [3.05, 3.63) is 12.5 Å². The van der Waals surface area contributed by atoms with Crippen LogP contribution < -0.4 is 0 Å². The monoisotopic (exact) mass is 301 g/mol. The molecule has 0 amide bonds. The second kappa shape index (κ2) is 6.69. The Balaban J connectivity index is 2.14. The molecule has 114 valence electrons. The average molecular weight is 301 g/mol. The number of ether oxygens (including phenoxy) is 1. The van der Waals surface area contributed by atoms with Crippen LogP contribution in [0.4, 0.5) is 0 Å². The van der Waals surface area contributed by atoms with Gasteiger partial charge in [-0.05, 0) is 25.7 Å². The Kier molecular flexibility index (Phi) is 5.17. The molecule has 0 unspecified atom stereocenters. The smallest absolute Gasteiger partial charge is 0.262 e. The molecule has 1 aromatic rings. The first-order valence-corrected chi connectivity index (χ1v) is 8.48. The van der Waals surface area contributed by atoms with Crippen LogP contribution >= 0.6 is 0 Å². The van der Waals surface area contributed by atoms with Gasteiger partial charge in [-0.15, -0.1) is 0 Å². The van der Waals surface area contributed by atoms with E-state index in [9.17, 15) is 8.42 Å². The Morgan fingerprint density at radius 1 is 1.45 bits per heavy atom. The summed E-state index contributed by atoms with van der Waals surface area (Å²) in [4.78, 5) is 4.00. The molecular weight excluding hydrogens is 278 g/mol. The standard InChI is InChI=1S/C13H23N3O3S/c1-15-10-13(14-11-15)20(17,18)16-8-4-3-6-12(16)7-5-9-19-2/h10-12H,3-9H2,1-2H3/t12-/m0/s1. The molecule has 1 aliphatic heterocycles. The molecule has 0 saturated carbocycles. The van der Waals surface area contributed by atoms with Crippen LogP contribution in [0.15, 0.2) is 17.6 Å². The van der Waals surface area contributed by atoms with Crippen molar-refractivity contribution in [1.82, 2.24) is 13.9 Å². The summed E-state index contributed by atoms with van der Waals surface area (Å²) in [6, 6.07) is 0.0749. The second-order valence-corrected chi connectivity index (χ2v) is 7.12. The second-order valence-electron chi connectivity index (χ2n) is 5.28. The third kappa shape index (κ3) is 3.39. The van der Waals surface area contributed by atoms with Crippen molar-refractivity contribution in [2.75, 3.05) is 20.3 Å². The van der Waals surface area contributed by atoms with Gasteiger partial charge in [-0.3, -0.25) is 0 Å². The van der Waals surface area contributed by atoms with Crippen molar-refractivity contribution >= 4 is 10.0 Å². The molecule has 0 aliphatic carbocycles. The van der Waals surface area contributed by atoms with Crippen molar-refractivity contribution < 1.29 is 13.2 Å². The van der Waals surface area contributed by atoms with E-state index in [0.717, 1.165) is 32.1 Å². The average Bonchev–Trinajstić information content (AvgIpc) is 2.87. The molecule has 1 fully saturated rings. The molecule has 1 saturated heterocycles. The van der Waals surface area contributed by atoms with E-state index in [1.807, 2.05) is 0 Å². The van der Waals surface area contributed by atoms with E-state index in [4.69, 9.17) is 4.74 Å². The lowest BCUT2D eigenvalue weighted by molar-refractivity contribution is 0.172. The molecule has 2 rings (SSSR count). The molecule has 7 heteroatoms. The summed E-state index contributed by atoms with van der Waals surface area (Å²) in [5, 5.41) is 0.152. The van der Waals surface area contributed by atoms with Crippen LogP contribution in [0.5, 0.6) is 0 Å². The fourth-order valence-electron chi connectivity index (χ4n) is 2.68. The number of methoxy groups -OCH3 is 1. The van der Waals surface area contributed by atoms with Crippen LogP contribution in [0.3, 0.4) is 0 Å². The Hall–Kier alpha value is -0.920. The zero-order chi connectivity index (χ0) is 14.6. The molecule has 1 aromatic heterocycles. The first-order chi connectivity index (χ1) is 9.55. The number of aromatic nitrogens is 2. The normalized spacial score (nSPS) is 21.2. The minimum Gasteiger partial charge on any atom is -0.385 e. The highest BCUT2D eigenvalue weighted by atomic mass is 32.2. The third-order valence-corrected chi connectivity index (χ3v) is 5.55. The lowest BCUT2D eigenvalue weighted by Crippen LogP contribution is -2.43. The summed E-state index contributed by atoms with van der Waals surface area (Å²) >= 11 is 0. The van der Waals surface area contributed by atoms with E-state index < -0.39 is 10.0 Å². The Labute approximate surface area is 120 Å². The van der Waals surface area contributed by atoms with Crippen molar-refractivity contribution in [2.24, 2.45) is 7.05 Å². The van der Waals surface area contributed by atoms with Gasteiger partial charge in [-0.1, -0.05) is 6.42 Å². The van der Waals surface area contributed by atoms with Crippen LogP contribution in [-0.2, 0) is 21.8 Å². The van der Waals surface area contributed by atoms with Gasteiger partial charge in [0, 0.05) is 39.5 Å². The minimum atomic E-state index is -3.47. The zero-order valence-electron chi connectivity index (χ0n) is 12.2. The number of nitrogens with zero attached hydrogens (tertiary/aromatic N) is 3. The van der Waals surface area contributed by atoms with E-state index in [1.165, 1.54) is 6.33 Å². The number of rotatable bonds is 6. The van der Waals surface area contributed by atoms with Crippen LogP contribution in [0, 0.1) is 0 Å². The lowest BCUT2D eigenvalue weighted by atomic mass is 10.0. The van der Waals surface area contributed by atoms with Gasteiger partial charge in [-0.25, -0.2) is 13.4 Å². The number of aryl methyl sites for hydroxylation is 1. The van der Waals surface area contributed by atoms with E-state index in [1.54, 1.807) is 29.2 Å². The van der Waals surface area contributed by atoms with Crippen molar-refractivity contribution in [3.63, 3.8) is 0 Å². The summed E-state index contributed by atoms with van der Waals surface area (Å²) in [5.41, 5.74) is 0. The van der Waals surface area contributed by atoms with Crippen LogP contribution in [0.1, 0.15) is 32.1 Å². The highest BCUT2D eigenvalue weighted by Crippen LogP contribution is 2.27. The summed E-state index contributed by atoms with van der Waals surface area (Å²) in [6.07, 6.45) is 7.76. The molecule has 1 atom stereocenters. The van der Waals surface area contributed by atoms with Gasteiger partial charge in [0.2, 0.25) is 0 Å². The molecule has 1 aliphatic rings. The summed E-state index contributed by atoms with van der Waals surface area (Å²) in [7, 11) is -0.0209. The van der Waals surface area contributed by atoms with E-state index in [0.29, 0.717) is 13.2 Å². The van der Waals surface area contributed by atoms with E-state index >= 15 is 0 Å². The molecule has 0 N–H and O–H groups in total. The Morgan fingerprint density at radius 2 is 2.25 bits per heavy atom. The van der Waals surface area contributed by atoms with Crippen LogP contribution in [-0.4, -0.2) is 48.6 Å². The number of hydrogen-bond donors (Lipinski definition) is 0. The quantitative estimate of drug-likeness (QED) is 0.745.